The van der Waals surface area contributed by atoms with Crippen LogP contribution in [0.15, 0.2) is 41.6 Å². The Labute approximate surface area is 119 Å². The minimum absolute atomic E-state index is 0.242. The third-order valence-corrected chi connectivity index (χ3v) is 3.27. The summed E-state index contributed by atoms with van der Waals surface area (Å²) >= 11 is 0. The normalized spacial score (nSPS) is 10.8. The van der Waals surface area contributed by atoms with E-state index in [2.05, 4.69) is 9.97 Å². The Morgan fingerprint density at radius 2 is 1.95 bits per heavy atom. The van der Waals surface area contributed by atoms with Crippen molar-refractivity contribution in [1.29, 1.82) is 0 Å². The van der Waals surface area contributed by atoms with Crippen LogP contribution in [0.4, 0.5) is 4.39 Å². The summed E-state index contributed by atoms with van der Waals surface area (Å²) in [5, 5.41) is 0.976. The van der Waals surface area contributed by atoms with Gasteiger partial charge < -0.3 is 9.30 Å². The molecule has 6 heteroatoms. The quantitative estimate of drug-likeness (QED) is 0.724. The highest BCUT2D eigenvalue weighted by atomic mass is 19.1. The van der Waals surface area contributed by atoms with Crippen LogP contribution in [0.2, 0.25) is 0 Å². The van der Waals surface area contributed by atoms with E-state index in [1.54, 1.807) is 25.4 Å². The van der Waals surface area contributed by atoms with Crippen LogP contribution in [-0.2, 0) is 7.05 Å². The fraction of sp³-hybridized carbons (Fsp3) is 0.133. The number of ether oxygens (including phenoxy) is 1. The molecular formula is C15H12FN3O2. The van der Waals surface area contributed by atoms with Gasteiger partial charge in [-0.25, -0.2) is 14.4 Å². The van der Waals surface area contributed by atoms with Crippen molar-refractivity contribution in [2.75, 3.05) is 7.11 Å². The third kappa shape index (κ3) is 2.24. The van der Waals surface area contributed by atoms with Crippen molar-refractivity contribution in [3.05, 3.63) is 53.0 Å². The van der Waals surface area contributed by atoms with Gasteiger partial charge in [0.15, 0.2) is 11.6 Å². The van der Waals surface area contributed by atoms with Crippen LogP contribution in [0.3, 0.4) is 0 Å². The molecule has 0 N–H and O–H groups in total. The summed E-state index contributed by atoms with van der Waals surface area (Å²) in [4.78, 5) is 20.1. The second kappa shape index (κ2) is 4.97. The summed E-state index contributed by atoms with van der Waals surface area (Å²) in [5.74, 6) is 0.209. The van der Waals surface area contributed by atoms with Gasteiger partial charge in [-0.2, -0.15) is 0 Å². The van der Waals surface area contributed by atoms with E-state index in [-0.39, 0.29) is 16.9 Å². The Morgan fingerprint density at radius 3 is 2.62 bits per heavy atom. The number of aryl methyl sites for hydroxylation is 1. The highest BCUT2D eigenvalue weighted by molar-refractivity contribution is 5.85. The highest BCUT2D eigenvalue weighted by Crippen LogP contribution is 2.24. The number of hydrogen-bond donors (Lipinski definition) is 0. The van der Waals surface area contributed by atoms with E-state index in [9.17, 15) is 9.18 Å². The summed E-state index contributed by atoms with van der Waals surface area (Å²) < 4.78 is 20.6. The van der Waals surface area contributed by atoms with Crippen molar-refractivity contribution in [1.82, 2.24) is 14.5 Å². The van der Waals surface area contributed by atoms with Crippen molar-refractivity contribution in [2.45, 2.75) is 0 Å². The molecule has 0 amide bonds. The summed E-state index contributed by atoms with van der Waals surface area (Å²) in [6.45, 7) is 0. The van der Waals surface area contributed by atoms with Gasteiger partial charge in [-0.3, -0.25) is 4.79 Å². The van der Waals surface area contributed by atoms with E-state index in [1.165, 1.54) is 30.1 Å². The lowest BCUT2D eigenvalue weighted by molar-refractivity contribution is 0.411. The van der Waals surface area contributed by atoms with Crippen LogP contribution >= 0.6 is 0 Å². The second-order valence-corrected chi connectivity index (χ2v) is 4.60. The van der Waals surface area contributed by atoms with Gasteiger partial charge in [-0.05, 0) is 23.6 Å². The van der Waals surface area contributed by atoms with Crippen LogP contribution in [-0.4, -0.2) is 21.6 Å². The molecule has 0 fully saturated rings. The number of aromatic nitrogens is 3. The third-order valence-electron chi connectivity index (χ3n) is 3.27. The number of pyridine rings is 1. The van der Waals surface area contributed by atoms with E-state index in [0.29, 0.717) is 16.5 Å². The van der Waals surface area contributed by atoms with Crippen molar-refractivity contribution in [3.63, 3.8) is 0 Å². The second-order valence-electron chi connectivity index (χ2n) is 4.60. The fourth-order valence-electron chi connectivity index (χ4n) is 2.09. The Bertz CT molecular complexity index is 872. The molecule has 21 heavy (non-hydrogen) atoms. The zero-order chi connectivity index (χ0) is 15.0. The average Bonchev–Trinajstić information content (AvgIpc) is 2.51. The maximum absolute atomic E-state index is 14.2. The summed E-state index contributed by atoms with van der Waals surface area (Å²) in [5.41, 5.74) is 0.00649. The molecule has 3 aromatic rings. The molecule has 0 saturated heterocycles. The van der Waals surface area contributed by atoms with Gasteiger partial charge in [-0.1, -0.05) is 0 Å². The number of nitrogens with zero attached hydrogens (tertiary/aromatic N) is 3. The maximum atomic E-state index is 14.2. The number of fused-ring (bicyclic) bond motifs is 1. The highest BCUT2D eigenvalue weighted by Gasteiger charge is 2.12. The fourth-order valence-corrected chi connectivity index (χ4v) is 2.09. The van der Waals surface area contributed by atoms with Crippen LogP contribution in [0.25, 0.3) is 22.2 Å². The zero-order valence-electron chi connectivity index (χ0n) is 11.5. The van der Waals surface area contributed by atoms with Crippen molar-refractivity contribution in [2.24, 2.45) is 7.05 Å². The first-order chi connectivity index (χ1) is 10.1. The van der Waals surface area contributed by atoms with Crippen LogP contribution in [0.1, 0.15) is 0 Å². The lowest BCUT2D eigenvalue weighted by Crippen LogP contribution is -2.15. The molecule has 5 nitrogen and oxygen atoms in total. The molecule has 0 spiro atoms. The van der Waals surface area contributed by atoms with E-state index < -0.39 is 5.82 Å². The number of rotatable bonds is 2. The summed E-state index contributed by atoms with van der Waals surface area (Å²) in [7, 11) is 3.13. The first-order valence-electron chi connectivity index (χ1n) is 6.25. The van der Waals surface area contributed by atoms with Crippen LogP contribution in [0.5, 0.6) is 5.75 Å². The van der Waals surface area contributed by atoms with Gasteiger partial charge >= 0.3 is 0 Å². The molecule has 0 aliphatic heterocycles. The number of methoxy groups -OCH3 is 1. The molecule has 0 bridgehead atoms. The molecule has 0 aliphatic carbocycles. The van der Waals surface area contributed by atoms with E-state index in [4.69, 9.17) is 4.74 Å². The molecule has 2 aromatic heterocycles. The number of halogens is 1. The van der Waals surface area contributed by atoms with Crippen molar-refractivity contribution < 1.29 is 9.13 Å². The predicted molar refractivity (Wildman–Crippen MR) is 76.7 cm³/mol. The number of hydrogen-bond acceptors (Lipinski definition) is 4. The molecule has 0 saturated carbocycles. The Morgan fingerprint density at radius 1 is 1.24 bits per heavy atom. The van der Waals surface area contributed by atoms with Gasteiger partial charge in [-0.15, -0.1) is 0 Å². The molecule has 2 heterocycles. The average molecular weight is 285 g/mol. The van der Waals surface area contributed by atoms with Gasteiger partial charge in [0.2, 0.25) is 0 Å². The molecule has 0 unspecified atom stereocenters. The smallest absolute Gasteiger partial charge is 0.258 e. The molecule has 3 rings (SSSR count). The lowest BCUT2D eigenvalue weighted by Gasteiger charge is -2.06. The van der Waals surface area contributed by atoms with Crippen molar-refractivity contribution in [3.8, 4) is 17.1 Å². The minimum Gasteiger partial charge on any atom is -0.494 e. The van der Waals surface area contributed by atoms with E-state index in [1.807, 2.05) is 0 Å². The molecule has 1 aromatic carbocycles. The van der Waals surface area contributed by atoms with E-state index >= 15 is 0 Å². The predicted octanol–water partition coefficient (Wildman–Crippen LogP) is 2.14. The monoisotopic (exact) mass is 285 g/mol. The summed E-state index contributed by atoms with van der Waals surface area (Å²) in [6.07, 6.45) is 4.58. The lowest BCUT2D eigenvalue weighted by atomic mass is 10.1. The maximum Gasteiger partial charge on any atom is 0.258 e. The minimum atomic E-state index is -0.532. The molecule has 0 aliphatic rings. The van der Waals surface area contributed by atoms with Gasteiger partial charge in [0.05, 0.1) is 30.5 Å². The Balaban J connectivity index is 2.21. The van der Waals surface area contributed by atoms with Gasteiger partial charge in [0.25, 0.3) is 5.56 Å². The molecule has 0 atom stereocenters. The van der Waals surface area contributed by atoms with Gasteiger partial charge in [0.1, 0.15) is 5.82 Å². The van der Waals surface area contributed by atoms with Gasteiger partial charge in [0, 0.05) is 13.2 Å². The first kappa shape index (κ1) is 13.2. The first-order valence-corrected chi connectivity index (χ1v) is 6.25. The molecule has 0 radical (unpaired) electrons. The molecule has 106 valence electrons. The Hall–Kier alpha value is -2.76. The number of benzene rings is 1. The van der Waals surface area contributed by atoms with Crippen LogP contribution < -0.4 is 10.3 Å². The topological polar surface area (TPSA) is 57.0 Å². The SMILES string of the molecule is COc1cnc(-c2cc3ccn(C)c(=O)c3cc2F)nc1. The zero-order valence-corrected chi connectivity index (χ0v) is 11.5. The summed E-state index contributed by atoms with van der Waals surface area (Å²) in [6, 6.07) is 4.55. The Kier molecular flexibility index (Phi) is 3.13. The molecular weight excluding hydrogens is 273 g/mol. The van der Waals surface area contributed by atoms with Crippen LogP contribution in [0, 0.1) is 5.82 Å². The van der Waals surface area contributed by atoms with E-state index in [0.717, 1.165) is 0 Å². The largest absolute Gasteiger partial charge is 0.494 e. The van der Waals surface area contributed by atoms with Crippen molar-refractivity contribution >= 4 is 10.8 Å². The standard InChI is InChI=1S/C15H12FN3O2/c1-19-4-3-9-5-12(13(16)6-11(9)15(19)20)14-17-7-10(21-2)8-18-14/h3-8H,1-2H3.